The van der Waals surface area contributed by atoms with Crippen LogP contribution in [-0.2, 0) is 29.4 Å². The molecule has 2 atom stereocenters. The first-order chi connectivity index (χ1) is 18.1. The van der Waals surface area contributed by atoms with E-state index in [1.165, 1.54) is 77.0 Å². The van der Waals surface area contributed by atoms with Gasteiger partial charge in [-0.2, -0.15) is 0 Å². The lowest BCUT2D eigenvalue weighted by atomic mass is 10.0. The number of nitrogens with zero attached hydrogens (tertiary/aromatic N) is 1. The highest BCUT2D eigenvalue weighted by atomic mass is 32.2. The maximum Gasteiger partial charge on any atom is 0.158 e. The molecule has 0 aromatic rings. The third-order valence-corrected chi connectivity index (χ3v) is 8.31. The van der Waals surface area contributed by atoms with Crippen molar-refractivity contribution in [3.8, 4) is 0 Å². The van der Waals surface area contributed by atoms with Crippen molar-refractivity contribution in [2.24, 2.45) is 0 Å². The summed E-state index contributed by atoms with van der Waals surface area (Å²) in [6.45, 7) is 5.31. The van der Waals surface area contributed by atoms with Crippen LogP contribution in [-0.4, -0.2) is 90.8 Å². The average Bonchev–Trinajstić information content (AvgIpc) is 2.80. The van der Waals surface area contributed by atoms with Gasteiger partial charge in [0.15, 0.2) is 16.1 Å². The lowest BCUT2D eigenvalue weighted by molar-refractivity contribution is -0.870. The zero-order valence-electron chi connectivity index (χ0n) is 26.4. The summed E-state index contributed by atoms with van der Waals surface area (Å²) in [6, 6.07) is 0. The van der Waals surface area contributed by atoms with Crippen LogP contribution in [0.2, 0.25) is 0 Å². The summed E-state index contributed by atoms with van der Waals surface area (Å²) in [5.41, 5.74) is 0. The fraction of sp³-hybridized carbons (Fsp3) is 1.00. The Morgan fingerprint density at radius 1 is 0.667 bits per heavy atom. The molecule has 0 aromatic carbocycles. The van der Waals surface area contributed by atoms with Crippen molar-refractivity contribution in [2.75, 3.05) is 52.6 Å². The molecule has 0 saturated heterocycles. The molecule has 0 radical (unpaired) electrons. The third kappa shape index (κ3) is 35.7. The molecule has 0 aliphatic rings. The number of quaternary nitrogens is 1. The smallest absolute Gasteiger partial charge is 0.158 e. The van der Waals surface area contributed by atoms with Gasteiger partial charge in [0.2, 0.25) is 0 Å². The number of ether oxygens (including phenoxy) is 2. The molecule has 0 spiro atoms. The molecule has 0 amide bonds. The summed E-state index contributed by atoms with van der Waals surface area (Å²) in [6.07, 6.45) is 20.8. The fourth-order valence-corrected chi connectivity index (χ4v) is 5.73. The molecule has 8 nitrogen and oxygen atoms in total. The molecule has 0 aliphatic heterocycles. The Balaban J connectivity index is 0. The lowest BCUT2D eigenvalue weighted by Gasteiger charge is -2.24. The van der Waals surface area contributed by atoms with Crippen LogP contribution in [0.3, 0.4) is 0 Å². The van der Waals surface area contributed by atoms with Gasteiger partial charge < -0.3 is 18.5 Å². The minimum Gasteiger partial charge on any atom is -0.748 e. The SMILES string of the molecule is CCCCCCCCCCCCCCC(CCC)OC(CCS(=O)(=O)CCC[N+](C)(C)C)OC.CS(=O)(=O)[O-]. The Morgan fingerprint density at radius 3 is 1.54 bits per heavy atom. The van der Waals surface area contributed by atoms with Gasteiger partial charge in [0.1, 0.15) is 0 Å². The van der Waals surface area contributed by atoms with Crippen molar-refractivity contribution >= 4 is 20.0 Å². The summed E-state index contributed by atoms with van der Waals surface area (Å²) in [4.78, 5) is 0. The van der Waals surface area contributed by atoms with E-state index in [2.05, 4.69) is 35.0 Å². The molecular formula is C29H63NO7S2. The van der Waals surface area contributed by atoms with E-state index in [0.29, 0.717) is 19.1 Å². The van der Waals surface area contributed by atoms with Crippen molar-refractivity contribution in [1.29, 1.82) is 0 Å². The van der Waals surface area contributed by atoms with E-state index in [-0.39, 0.29) is 17.6 Å². The largest absolute Gasteiger partial charge is 0.748 e. The second-order valence-corrected chi connectivity index (χ2v) is 15.6. The molecule has 0 heterocycles. The number of hydrogen-bond donors (Lipinski definition) is 0. The van der Waals surface area contributed by atoms with Gasteiger partial charge >= 0.3 is 0 Å². The highest BCUT2D eigenvalue weighted by Crippen LogP contribution is 2.18. The van der Waals surface area contributed by atoms with E-state index < -0.39 is 26.2 Å². The Hall–Kier alpha value is -0.260. The molecule has 0 rings (SSSR count). The van der Waals surface area contributed by atoms with Crippen LogP contribution >= 0.6 is 0 Å². The van der Waals surface area contributed by atoms with Crippen molar-refractivity contribution < 1.29 is 35.3 Å². The van der Waals surface area contributed by atoms with Gasteiger partial charge in [-0.3, -0.25) is 0 Å². The van der Waals surface area contributed by atoms with E-state index in [4.69, 9.17) is 22.4 Å². The van der Waals surface area contributed by atoms with E-state index in [0.717, 1.165) is 30.3 Å². The summed E-state index contributed by atoms with van der Waals surface area (Å²) in [5.74, 6) is 0.385. The first kappa shape index (κ1) is 40.9. The molecule has 0 aliphatic carbocycles. The van der Waals surface area contributed by atoms with Crippen LogP contribution in [0.1, 0.15) is 123 Å². The van der Waals surface area contributed by atoms with Crippen LogP contribution in [0.5, 0.6) is 0 Å². The second-order valence-electron chi connectivity index (χ2n) is 11.9. The van der Waals surface area contributed by atoms with Gasteiger partial charge in [-0.25, -0.2) is 16.8 Å². The van der Waals surface area contributed by atoms with E-state index in [9.17, 15) is 8.42 Å². The van der Waals surface area contributed by atoms with Crippen LogP contribution in [0, 0.1) is 0 Å². The predicted molar refractivity (Wildman–Crippen MR) is 163 cm³/mol. The molecule has 39 heavy (non-hydrogen) atoms. The van der Waals surface area contributed by atoms with Crippen LogP contribution in [0.15, 0.2) is 0 Å². The van der Waals surface area contributed by atoms with Crippen LogP contribution in [0.25, 0.3) is 0 Å². The molecule has 0 bridgehead atoms. The molecule has 0 N–H and O–H groups in total. The number of sulfone groups is 1. The summed E-state index contributed by atoms with van der Waals surface area (Å²) in [7, 11) is 0.909. The average molecular weight is 602 g/mol. The highest BCUT2D eigenvalue weighted by molar-refractivity contribution is 7.91. The van der Waals surface area contributed by atoms with Gasteiger partial charge in [0.25, 0.3) is 0 Å². The van der Waals surface area contributed by atoms with Gasteiger partial charge in [-0.15, -0.1) is 0 Å². The Labute approximate surface area is 242 Å². The topological polar surface area (TPSA) is 110 Å². The Morgan fingerprint density at radius 2 is 1.13 bits per heavy atom. The maximum atomic E-state index is 12.4. The van der Waals surface area contributed by atoms with E-state index >= 15 is 0 Å². The Kier molecular flexibility index (Phi) is 25.5. The minimum absolute atomic E-state index is 0.139. The van der Waals surface area contributed by atoms with Gasteiger partial charge in [0.05, 0.1) is 55.4 Å². The molecule has 2 unspecified atom stereocenters. The number of hydrogen-bond acceptors (Lipinski definition) is 7. The highest BCUT2D eigenvalue weighted by Gasteiger charge is 2.20. The molecule has 0 saturated carbocycles. The monoisotopic (exact) mass is 601 g/mol. The molecular weight excluding hydrogens is 538 g/mol. The third-order valence-electron chi connectivity index (χ3n) is 6.55. The summed E-state index contributed by atoms with van der Waals surface area (Å²) >= 11 is 0. The van der Waals surface area contributed by atoms with E-state index in [1.54, 1.807) is 7.11 Å². The second kappa shape index (κ2) is 24.3. The number of rotatable bonds is 25. The van der Waals surface area contributed by atoms with Crippen molar-refractivity contribution in [2.45, 2.75) is 135 Å². The zero-order chi connectivity index (χ0) is 30.2. The van der Waals surface area contributed by atoms with Crippen LogP contribution < -0.4 is 0 Å². The van der Waals surface area contributed by atoms with Gasteiger partial charge in [-0.05, 0) is 12.8 Å². The fourth-order valence-electron chi connectivity index (χ4n) is 4.41. The molecule has 238 valence electrons. The Bertz CT molecular complexity index is 742. The van der Waals surface area contributed by atoms with Gasteiger partial charge in [0, 0.05) is 26.2 Å². The van der Waals surface area contributed by atoms with Crippen molar-refractivity contribution in [3.63, 3.8) is 0 Å². The molecule has 0 fully saturated rings. The maximum absolute atomic E-state index is 12.4. The summed E-state index contributed by atoms with van der Waals surface area (Å²) in [5, 5.41) is 0. The summed E-state index contributed by atoms with van der Waals surface area (Å²) < 4.78 is 64.6. The van der Waals surface area contributed by atoms with Crippen molar-refractivity contribution in [1.82, 2.24) is 0 Å². The zero-order valence-corrected chi connectivity index (χ0v) is 28.1. The number of unbranched alkanes of at least 4 members (excludes halogenated alkanes) is 11. The predicted octanol–water partition coefficient (Wildman–Crippen LogP) is 6.30. The van der Waals surface area contributed by atoms with Crippen LogP contribution in [0.4, 0.5) is 0 Å². The minimum atomic E-state index is -3.92. The molecule has 0 aromatic heterocycles. The first-order valence-corrected chi connectivity index (χ1v) is 18.9. The van der Waals surface area contributed by atoms with E-state index in [1.807, 2.05) is 0 Å². The number of methoxy groups -OCH3 is 1. The normalized spacial score (nSPS) is 14.1. The lowest BCUT2D eigenvalue weighted by Crippen LogP contribution is -2.36. The quantitative estimate of drug-likeness (QED) is 0.0523. The first-order valence-electron chi connectivity index (χ1n) is 15.2. The molecule has 10 heteroatoms. The van der Waals surface area contributed by atoms with Gasteiger partial charge in [-0.1, -0.05) is 97.3 Å². The van der Waals surface area contributed by atoms with Crippen molar-refractivity contribution in [3.05, 3.63) is 0 Å². The standard InChI is InChI=1S/C28H60NO4S.CH4O3S/c1-7-9-10-11-12-13-14-15-16-17-18-19-22-27(21-8-2)33-28(32-6)23-26-34(30,31)25-20-24-29(3,4)5;1-5(2,3)4/h27-28H,7-26H2,1-6H3;1H3,(H,2,3,4)/q+1;/p-1.